The number of nitrogens with zero attached hydrogens (tertiary/aromatic N) is 2. The molecule has 2 heteroatoms. The molecule has 0 atom stereocenters. The van der Waals surface area contributed by atoms with E-state index in [0.717, 1.165) is 44.9 Å². The van der Waals surface area contributed by atoms with Crippen molar-refractivity contribution in [2.45, 2.75) is 105 Å². The fourth-order valence-electron chi connectivity index (χ4n) is 23.5. The van der Waals surface area contributed by atoms with Gasteiger partial charge in [-0.05, 0) is 346 Å². The topological polar surface area (TPSA) is 6.48 Å². The molecule has 0 heterocycles. The number of anilines is 6. The van der Waals surface area contributed by atoms with Crippen LogP contribution in [-0.2, 0) is 21.7 Å². The van der Waals surface area contributed by atoms with Gasteiger partial charge in [-0.2, -0.15) is 0 Å². The van der Waals surface area contributed by atoms with Crippen molar-refractivity contribution in [3.05, 3.63) is 443 Å². The van der Waals surface area contributed by atoms with E-state index < -0.39 is 0 Å². The minimum Gasteiger partial charge on any atom is -0.310 e. The van der Waals surface area contributed by atoms with Crippen molar-refractivity contribution < 1.29 is 0 Å². The molecule has 0 saturated carbocycles. The number of rotatable bonds is 12. The Morgan fingerprint density at radius 2 is 0.406 bits per heavy atom. The van der Waals surface area contributed by atoms with Crippen molar-refractivity contribution in [2.75, 3.05) is 9.80 Å². The molecule has 4 aliphatic rings. The van der Waals surface area contributed by atoms with Crippen molar-refractivity contribution in [3.8, 4) is 111 Å². The van der Waals surface area contributed by atoms with Crippen LogP contribution in [-0.4, -0.2) is 0 Å². The van der Waals surface area contributed by atoms with Gasteiger partial charge in [0.2, 0.25) is 0 Å². The maximum absolute atomic E-state index is 2.50. The molecule has 4 aliphatic carbocycles. The minimum absolute atomic E-state index is 0.0568. The molecule has 0 aromatic heterocycles. The number of fused-ring (bicyclic) bond motifs is 19. The zero-order valence-electron chi connectivity index (χ0n) is 74.7. The summed E-state index contributed by atoms with van der Waals surface area (Å²) in [6, 6.07) is 144. The van der Waals surface area contributed by atoms with Gasteiger partial charge in [-0.3, -0.25) is 0 Å². The summed E-state index contributed by atoms with van der Waals surface area (Å²) in [5.74, 6) is 0. The molecule has 0 spiro atoms. The first-order valence-electron chi connectivity index (χ1n) is 45.6. The van der Waals surface area contributed by atoms with Gasteiger partial charge in [0.25, 0.3) is 0 Å². The normalized spacial score (nSPS) is 14.2. The summed E-state index contributed by atoms with van der Waals surface area (Å²) in [5, 5.41) is 11.9. The second kappa shape index (κ2) is 28.4. The van der Waals surface area contributed by atoms with E-state index in [0.29, 0.717) is 0 Å². The molecule has 612 valence electrons. The zero-order valence-corrected chi connectivity index (χ0v) is 74.7. The Kier molecular flexibility index (Phi) is 17.1. The second-order valence-corrected chi connectivity index (χ2v) is 38.9. The zero-order chi connectivity index (χ0) is 86.7. The molecule has 24 rings (SSSR count). The van der Waals surface area contributed by atoms with E-state index in [1.54, 1.807) is 0 Å². The molecule has 0 radical (unpaired) electrons. The number of hydrogen-bond acceptors (Lipinski definition) is 2. The Balaban J connectivity index is 0.554. The Bertz CT molecular complexity index is 7630. The van der Waals surface area contributed by atoms with E-state index >= 15 is 0 Å². The van der Waals surface area contributed by atoms with Crippen LogP contribution in [0.3, 0.4) is 0 Å². The molecule has 20 aromatic rings. The molecule has 0 unspecified atom stereocenters. The van der Waals surface area contributed by atoms with Crippen LogP contribution < -0.4 is 9.80 Å². The lowest BCUT2D eigenvalue weighted by Gasteiger charge is -2.30. The van der Waals surface area contributed by atoms with Crippen LogP contribution in [0.1, 0.15) is 122 Å². The summed E-state index contributed by atoms with van der Waals surface area (Å²) in [4.78, 5) is 5.00. The lowest BCUT2D eigenvalue weighted by Crippen LogP contribution is -2.15. The Morgan fingerprint density at radius 3 is 0.727 bits per heavy atom. The summed E-state index contributed by atoms with van der Waals surface area (Å²) < 4.78 is 0. The quantitative estimate of drug-likeness (QED) is 0.113. The van der Waals surface area contributed by atoms with E-state index in [1.807, 2.05) is 0 Å². The van der Waals surface area contributed by atoms with Crippen molar-refractivity contribution in [1.82, 2.24) is 0 Å². The third-order valence-electron chi connectivity index (χ3n) is 30.0. The predicted octanol–water partition coefficient (Wildman–Crippen LogP) is 34.9. The van der Waals surface area contributed by atoms with E-state index in [-0.39, 0.29) is 21.7 Å². The van der Waals surface area contributed by atoms with Crippen LogP contribution in [0.2, 0.25) is 0 Å². The first-order valence-corrected chi connectivity index (χ1v) is 45.6. The predicted molar refractivity (Wildman–Crippen MR) is 545 cm³/mol. The third kappa shape index (κ3) is 11.8. The monoisotopic (exact) mass is 1640 g/mol. The van der Waals surface area contributed by atoms with Gasteiger partial charge in [-0.15, -0.1) is 0 Å². The molecule has 0 saturated heterocycles. The van der Waals surface area contributed by atoms with Crippen molar-refractivity contribution in [3.63, 3.8) is 0 Å². The molecule has 0 bridgehead atoms. The highest BCUT2D eigenvalue weighted by molar-refractivity contribution is 6.25. The van der Waals surface area contributed by atoms with Crippen molar-refractivity contribution >= 4 is 88.0 Å². The number of benzene rings is 20. The lowest BCUT2D eigenvalue weighted by atomic mass is 9.80. The standard InChI is InChI=1S/C126H98N2/c1-75-61-91(89-47-59-105-103-57-45-87(69-115(103)125(9,10)117(105)71-89)85-43-55-101-99-31-21-23-35-111(99)123(5,6)113(101)67-85)62-76(2)121(75)81-39-49-93(50-40-81)127(95-53-37-79-25-13-15-27-83(79)65-95)119-73-109-98-30-18-20-34-108(98)120(74-110(109)97-29-17-19-33-107(97)119)128(96-54-38-80-26-14-16-28-84(80)66-96)94-51-41-82(42-52-94)122-77(3)63-92(64-78(122)4)90-48-60-106-104-58-46-88(70-116(104)126(11,12)118(106)72-90)86-44-56-102-100-32-22-24-36-112(100)124(7,8)114(102)68-86/h13-74H,1-12H3. The van der Waals surface area contributed by atoms with Gasteiger partial charge in [0.05, 0.1) is 11.4 Å². The lowest BCUT2D eigenvalue weighted by molar-refractivity contribution is 0.659. The van der Waals surface area contributed by atoms with E-state index in [9.17, 15) is 0 Å². The fourth-order valence-corrected chi connectivity index (χ4v) is 23.5. The highest BCUT2D eigenvalue weighted by Gasteiger charge is 2.41. The van der Waals surface area contributed by atoms with Gasteiger partial charge in [-0.1, -0.05) is 334 Å². The Labute approximate surface area is 751 Å². The average Bonchev–Trinajstić information content (AvgIpc) is 1.35. The van der Waals surface area contributed by atoms with E-state index in [4.69, 9.17) is 0 Å². The maximum Gasteiger partial charge on any atom is 0.0546 e. The Morgan fingerprint density at radius 1 is 0.164 bits per heavy atom. The highest BCUT2D eigenvalue weighted by atomic mass is 15.2. The first-order chi connectivity index (χ1) is 62.1. The van der Waals surface area contributed by atoms with Gasteiger partial charge in [0.1, 0.15) is 0 Å². The maximum atomic E-state index is 2.50. The van der Waals surface area contributed by atoms with Gasteiger partial charge in [0.15, 0.2) is 0 Å². The average molecular weight is 1640 g/mol. The van der Waals surface area contributed by atoms with Crippen LogP contribution in [0, 0.1) is 27.7 Å². The molecule has 0 amide bonds. The molecule has 128 heavy (non-hydrogen) atoms. The summed E-state index contributed by atoms with van der Waals surface area (Å²) in [7, 11) is 0. The van der Waals surface area contributed by atoms with Gasteiger partial charge in [0, 0.05) is 55.2 Å². The first kappa shape index (κ1) is 76.9. The van der Waals surface area contributed by atoms with Crippen LogP contribution in [0.25, 0.3) is 165 Å². The molecular weight excluding hydrogens is 1540 g/mol. The molecule has 0 aliphatic heterocycles. The molecule has 0 fully saturated rings. The number of hydrogen-bond donors (Lipinski definition) is 0. The molecule has 0 N–H and O–H groups in total. The summed E-state index contributed by atoms with van der Waals surface area (Å²) >= 11 is 0. The molecule has 20 aromatic carbocycles. The van der Waals surface area contributed by atoms with Crippen LogP contribution in [0.15, 0.2) is 376 Å². The molecular formula is C126H98N2. The summed E-state index contributed by atoms with van der Waals surface area (Å²) in [6.45, 7) is 28.3. The van der Waals surface area contributed by atoms with Gasteiger partial charge >= 0.3 is 0 Å². The van der Waals surface area contributed by atoms with Crippen molar-refractivity contribution in [1.29, 1.82) is 0 Å². The fraction of sp³-hybridized carbons (Fsp3) is 0.127. The van der Waals surface area contributed by atoms with Gasteiger partial charge in [-0.25, -0.2) is 0 Å². The van der Waals surface area contributed by atoms with E-state index in [2.05, 4.69) is 469 Å². The highest BCUT2D eigenvalue weighted by Crippen LogP contribution is 2.58. The number of aryl methyl sites for hydroxylation is 4. The van der Waals surface area contributed by atoms with Gasteiger partial charge < -0.3 is 9.80 Å². The van der Waals surface area contributed by atoms with Crippen LogP contribution in [0.5, 0.6) is 0 Å². The minimum atomic E-state index is -0.191. The van der Waals surface area contributed by atoms with E-state index in [1.165, 1.54) is 221 Å². The van der Waals surface area contributed by atoms with Crippen LogP contribution in [0.4, 0.5) is 34.1 Å². The molecule has 2 nitrogen and oxygen atoms in total. The van der Waals surface area contributed by atoms with Crippen molar-refractivity contribution in [2.24, 2.45) is 0 Å². The SMILES string of the molecule is Cc1cc(-c2ccc3c(c2)C(C)(C)c2cc(-c4ccc5c(c4)C(C)(C)c4ccccc4-5)ccc2-3)cc(C)c1-c1ccc(N(c2ccc3ccccc3c2)c2cc3c4ccccc4c(N(c4ccc(-c5c(C)cc(-c6ccc7c(c6)C(C)(C)c6cc(-c8ccc9c(c8)C(C)(C)c8ccccc8-9)ccc6-7)cc5C)cc4)c4ccc5ccccc5c4)cc3c3ccccc23)cc1. The van der Waals surface area contributed by atoms with Crippen LogP contribution >= 0.6 is 0 Å². The third-order valence-corrected chi connectivity index (χ3v) is 30.0. The summed E-state index contributed by atoms with van der Waals surface area (Å²) in [6.07, 6.45) is 0. The second-order valence-electron chi connectivity index (χ2n) is 38.9. The largest absolute Gasteiger partial charge is 0.310 e. The summed E-state index contributed by atoms with van der Waals surface area (Å²) in [5.41, 5.74) is 47.9. The smallest absolute Gasteiger partial charge is 0.0546 e. The Hall–Kier alpha value is -14.7.